The zero-order chi connectivity index (χ0) is 21.9. The van der Waals surface area contributed by atoms with Crippen molar-refractivity contribution in [1.82, 2.24) is 4.90 Å². The molecule has 1 aromatic carbocycles. The molecule has 1 amide bonds. The standard InChI is InChI=1S/C24H32FN3O3/c1-13(7-20(29)28-15-8-14-9-16(28)12-24(30,10-14)11-15)23(26)21-18(27-2)5-6-19(22(21)25)31-17-3-4-17/h5-6,13-17,26-27,30H,3-4,7-12H2,1-2H3. The average molecular weight is 430 g/mol. The number of amides is 1. The molecular weight excluding hydrogens is 397 g/mol. The molecule has 0 radical (unpaired) electrons. The smallest absolute Gasteiger partial charge is 0.223 e. The number of nitrogens with one attached hydrogen (secondary N) is 2. The number of carbonyl (C=O) groups excluding carboxylic acids is 1. The van der Waals surface area contributed by atoms with Crippen LogP contribution >= 0.6 is 0 Å². The number of rotatable bonds is 7. The number of aliphatic hydroxyl groups is 1. The molecule has 5 aliphatic rings. The number of halogens is 1. The minimum atomic E-state index is -0.599. The number of benzene rings is 1. The van der Waals surface area contributed by atoms with Gasteiger partial charge < -0.3 is 25.5 Å². The van der Waals surface area contributed by atoms with Crippen LogP contribution in [0.25, 0.3) is 0 Å². The lowest BCUT2D eigenvalue weighted by molar-refractivity contribution is -0.175. The van der Waals surface area contributed by atoms with E-state index in [4.69, 9.17) is 10.1 Å². The molecule has 7 heteroatoms. The van der Waals surface area contributed by atoms with Crippen LogP contribution in [0.2, 0.25) is 0 Å². The van der Waals surface area contributed by atoms with Crippen LogP contribution in [0, 0.1) is 23.1 Å². The van der Waals surface area contributed by atoms with E-state index >= 15 is 4.39 Å². The van der Waals surface area contributed by atoms with Crippen LogP contribution in [0.3, 0.4) is 0 Å². The fourth-order valence-electron chi connectivity index (χ4n) is 6.19. The van der Waals surface area contributed by atoms with Crippen LogP contribution < -0.4 is 10.1 Å². The van der Waals surface area contributed by atoms with E-state index in [1.165, 1.54) is 0 Å². The van der Waals surface area contributed by atoms with Crippen molar-refractivity contribution in [2.45, 2.75) is 82.1 Å². The van der Waals surface area contributed by atoms with Gasteiger partial charge in [-0.3, -0.25) is 4.79 Å². The van der Waals surface area contributed by atoms with E-state index in [1.807, 2.05) is 11.8 Å². The molecule has 0 spiro atoms. The molecule has 0 aromatic heterocycles. The fourth-order valence-corrected chi connectivity index (χ4v) is 6.19. The first kappa shape index (κ1) is 20.7. The molecule has 3 atom stereocenters. The number of anilines is 1. The lowest BCUT2D eigenvalue weighted by Gasteiger charge is -2.59. The van der Waals surface area contributed by atoms with Crippen LogP contribution in [0.1, 0.15) is 63.9 Å². The van der Waals surface area contributed by atoms with Gasteiger partial charge in [0.05, 0.1) is 17.3 Å². The zero-order valence-electron chi connectivity index (χ0n) is 18.3. The summed E-state index contributed by atoms with van der Waals surface area (Å²) in [7, 11) is 1.70. The summed E-state index contributed by atoms with van der Waals surface area (Å²) in [6.07, 6.45) is 6.23. The molecule has 4 bridgehead atoms. The van der Waals surface area contributed by atoms with Gasteiger partial charge in [-0.15, -0.1) is 0 Å². The second kappa shape index (κ2) is 7.47. The lowest BCUT2D eigenvalue weighted by Crippen LogP contribution is -2.65. The minimum absolute atomic E-state index is 0.0199. The maximum absolute atomic E-state index is 15.3. The quantitative estimate of drug-likeness (QED) is 0.577. The molecular formula is C24H32FN3O3. The Morgan fingerprint density at radius 1 is 1.32 bits per heavy atom. The maximum atomic E-state index is 15.3. The molecule has 2 heterocycles. The highest BCUT2D eigenvalue weighted by atomic mass is 19.1. The highest BCUT2D eigenvalue weighted by Crippen LogP contribution is 2.51. The molecule has 3 N–H and O–H groups in total. The van der Waals surface area contributed by atoms with Gasteiger partial charge in [-0.2, -0.15) is 0 Å². The first-order chi connectivity index (χ1) is 14.8. The predicted molar refractivity (Wildman–Crippen MR) is 116 cm³/mol. The Morgan fingerprint density at radius 2 is 2.00 bits per heavy atom. The number of carbonyl (C=O) groups is 1. The molecule has 31 heavy (non-hydrogen) atoms. The molecule has 3 unspecified atom stereocenters. The van der Waals surface area contributed by atoms with Crippen molar-refractivity contribution in [2.24, 2.45) is 11.8 Å². The molecule has 168 valence electrons. The van der Waals surface area contributed by atoms with E-state index < -0.39 is 17.3 Å². The van der Waals surface area contributed by atoms with E-state index in [-0.39, 0.29) is 47.5 Å². The van der Waals surface area contributed by atoms with Crippen LogP contribution in [-0.4, -0.2) is 52.5 Å². The Kier molecular flexibility index (Phi) is 5.00. The van der Waals surface area contributed by atoms with Gasteiger partial charge in [0.25, 0.3) is 0 Å². The molecule has 3 aliphatic carbocycles. The number of hydrogen-bond donors (Lipinski definition) is 3. The molecule has 1 aromatic rings. The first-order valence-electron chi connectivity index (χ1n) is 11.6. The summed E-state index contributed by atoms with van der Waals surface area (Å²) in [6, 6.07) is 3.55. The second-order valence-corrected chi connectivity index (χ2v) is 10.2. The zero-order valence-corrected chi connectivity index (χ0v) is 18.3. The highest BCUT2D eigenvalue weighted by molar-refractivity contribution is 6.06. The number of nitrogens with zero attached hydrogens (tertiary/aromatic N) is 1. The van der Waals surface area contributed by atoms with E-state index in [2.05, 4.69) is 5.32 Å². The van der Waals surface area contributed by atoms with Crippen LogP contribution in [0.15, 0.2) is 12.1 Å². The largest absolute Gasteiger partial charge is 0.487 e. The monoisotopic (exact) mass is 429 g/mol. The molecule has 2 aliphatic heterocycles. The molecule has 6 nitrogen and oxygen atoms in total. The SMILES string of the molecule is CNc1ccc(OC2CC2)c(F)c1C(=N)C(C)CC(=O)N1C2CC3CC1CC(O)(C3)C2. The molecule has 2 saturated heterocycles. The van der Waals surface area contributed by atoms with Crippen molar-refractivity contribution in [2.75, 3.05) is 12.4 Å². The summed E-state index contributed by atoms with van der Waals surface area (Å²) >= 11 is 0. The summed E-state index contributed by atoms with van der Waals surface area (Å²) in [5, 5.41) is 22.4. The lowest BCUT2D eigenvalue weighted by atomic mass is 9.61. The van der Waals surface area contributed by atoms with E-state index in [0.29, 0.717) is 24.4 Å². The maximum Gasteiger partial charge on any atom is 0.223 e. The Labute approximate surface area is 182 Å². The number of hydrogen-bond acceptors (Lipinski definition) is 5. The highest BCUT2D eigenvalue weighted by Gasteiger charge is 2.55. The van der Waals surface area contributed by atoms with E-state index in [1.54, 1.807) is 19.2 Å². The average Bonchev–Trinajstić information content (AvgIpc) is 3.51. The number of ether oxygens (including phenoxy) is 1. The van der Waals surface area contributed by atoms with Gasteiger partial charge in [0.2, 0.25) is 5.91 Å². The molecule has 6 rings (SSSR count). The summed E-state index contributed by atoms with van der Waals surface area (Å²) in [6.45, 7) is 1.82. The topological polar surface area (TPSA) is 85.7 Å². The first-order valence-corrected chi connectivity index (χ1v) is 11.6. The predicted octanol–water partition coefficient (Wildman–Crippen LogP) is 3.71. The van der Waals surface area contributed by atoms with E-state index in [0.717, 1.165) is 32.1 Å². The third kappa shape index (κ3) is 3.71. The van der Waals surface area contributed by atoms with Gasteiger partial charge in [0.15, 0.2) is 11.6 Å². The minimum Gasteiger partial charge on any atom is -0.487 e. The third-order valence-corrected chi connectivity index (χ3v) is 7.62. The van der Waals surface area contributed by atoms with Gasteiger partial charge in [0, 0.05) is 42.9 Å². The Hall–Kier alpha value is -2.15. The van der Waals surface area contributed by atoms with Crippen LogP contribution in [0.5, 0.6) is 5.75 Å². The van der Waals surface area contributed by atoms with E-state index in [9.17, 15) is 9.90 Å². The van der Waals surface area contributed by atoms with Crippen molar-refractivity contribution >= 4 is 17.3 Å². The fraction of sp³-hybridized carbons (Fsp3) is 0.667. The third-order valence-electron chi connectivity index (χ3n) is 7.62. The summed E-state index contributed by atoms with van der Waals surface area (Å²) in [5.74, 6) is -0.237. The second-order valence-electron chi connectivity index (χ2n) is 10.2. The normalized spacial score (nSPS) is 32.1. The van der Waals surface area contributed by atoms with Crippen LogP contribution in [0.4, 0.5) is 10.1 Å². The van der Waals surface area contributed by atoms with Crippen molar-refractivity contribution in [1.29, 1.82) is 5.41 Å². The van der Waals surface area contributed by atoms with Gasteiger partial charge >= 0.3 is 0 Å². The summed E-state index contributed by atoms with van der Waals surface area (Å²) < 4.78 is 20.9. The Morgan fingerprint density at radius 3 is 2.58 bits per heavy atom. The van der Waals surface area contributed by atoms with Gasteiger partial charge in [0.1, 0.15) is 0 Å². The van der Waals surface area contributed by atoms with Crippen molar-refractivity contribution < 1.29 is 19.0 Å². The Bertz CT molecular complexity index is 900. The van der Waals surface area contributed by atoms with Crippen molar-refractivity contribution in [3.8, 4) is 5.75 Å². The summed E-state index contributed by atoms with van der Waals surface area (Å²) in [4.78, 5) is 15.2. The molecule has 5 fully saturated rings. The van der Waals surface area contributed by atoms with Gasteiger partial charge in [-0.1, -0.05) is 6.92 Å². The molecule has 3 saturated carbocycles. The Balaban J connectivity index is 1.32. The summed E-state index contributed by atoms with van der Waals surface area (Å²) in [5.41, 5.74) is 0.232. The van der Waals surface area contributed by atoms with Gasteiger partial charge in [-0.05, 0) is 63.0 Å². The number of piperidine rings is 2. The van der Waals surface area contributed by atoms with Crippen LogP contribution in [-0.2, 0) is 4.79 Å². The van der Waals surface area contributed by atoms with Crippen molar-refractivity contribution in [3.05, 3.63) is 23.5 Å². The van der Waals surface area contributed by atoms with Crippen molar-refractivity contribution in [3.63, 3.8) is 0 Å². The van der Waals surface area contributed by atoms with Gasteiger partial charge in [-0.25, -0.2) is 4.39 Å².